The van der Waals surface area contributed by atoms with E-state index in [0.717, 1.165) is 17.7 Å². The van der Waals surface area contributed by atoms with E-state index in [-0.39, 0.29) is 5.84 Å². The summed E-state index contributed by atoms with van der Waals surface area (Å²) in [6, 6.07) is 5.78. The van der Waals surface area contributed by atoms with Crippen molar-refractivity contribution in [2.75, 3.05) is 11.9 Å². The van der Waals surface area contributed by atoms with Gasteiger partial charge >= 0.3 is 0 Å². The molecule has 0 aliphatic carbocycles. The lowest BCUT2D eigenvalue weighted by Gasteiger charge is -2.28. The monoisotopic (exact) mass is 239 g/mol. The summed E-state index contributed by atoms with van der Waals surface area (Å²) < 4.78 is 0. The third kappa shape index (κ3) is 2.67. The highest BCUT2D eigenvalue weighted by atomic mass is 35.5. The molecule has 0 aromatic heterocycles. The van der Waals surface area contributed by atoms with E-state index < -0.39 is 0 Å². The van der Waals surface area contributed by atoms with Crippen LogP contribution in [0.5, 0.6) is 0 Å². The van der Waals surface area contributed by atoms with Crippen LogP contribution in [0.25, 0.3) is 0 Å². The maximum atomic E-state index is 7.55. The predicted octanol–water partition coefficient (Wildman–Crippen LogP) is 2.86. The quantitative estimate of drug-likeness (QED) is 0.627. The Hall–Kier alpha value is -1.22. The molecule has 0 aliphatic rings. The second-order valence-electron chi connectivity index (χ2n) is 3.94. The van der Waals surface area contributed by atoms with E-state index in [0.29, 0.717) is 11.1 Å². The highest BCUT2D eigenvalue weighted by Crippen LogP contribution is 2.25. The van der Waals surface area contributed by atoms with Gasteiger partial charge in [-0.25, -0.2) is 0 Å². The fraction of sp³-hybridized carbons (Fsp3) is 0.417. The van der Waals surface area contributed by atoms with Crippen molar-refractivity contribution < 1.29 is 0 Å². The molecule has 0 saturated carbocycles. The number of nitrogens with one attached hydrogen (secondary N) is 1. The van der Waals surface area contributed by atoms with Crippen molar-refractivity contribution in [3.63, 3.8) is 0 Å². The number of hydrogen-bond acceptors (Lipinski definition) is 2. The summed E-state index contributed by atoms with van der Waals surface area (Å²) in [7, 11) is 1.99. The number of anilines is 1. The molecular formula is C12H18ClN3. The molecule has 0 bridgehead atoms. The number of rotatable bonds is 4. The number of halogens is 1. The number of nitrogen functional groups attached to an aromatic ring is 1. The van der Waals surface area contributed by atoms with Gasteiger partial charge in [-0.1, -0.05) is 18.5 Å². The van der Waals surface area contributed by atoms with Gasteiger partial charge in [0.05, 0.1) is 0 Å². The number of amidine groups is 1. The van der Waals surface area contributed by atoms with E-state index in [9.17, 15) is 0 Å². The van der Waals surface area contributed by atoms with Gasteiger partial charge in [0.1, 0.15) is 5.84 Å². The van der Waals surface area contributed by atoms with Crippen molar-refractivity contribution in [3.05, 3.63) is 28.8 Å². The lowest BCUT2D eigenvalue weighted by molar-refractivity contribution is 0.663. The van der Waals surface area contributed by atoms with Crippen LogP contribution in [0.4, 0.5) is 5.69 Å². The molecule has 0 spiro atoms. The zero-order valence-corrected chi connectivity index (χ0v) is 10.7. The lowest BCUT2D eigenvalue weighted by Crippen LogP contribution is -2.30. The van der Waals surface area contributed by atoms with Gasteiger partial charge < -0.3 is 10.6 Å². The number of nitrogens with zero attached hydrogens (tertiary/aromatic N) is 1. The molecule has 3 nitrogen and oxygen atoms in total. The SMILES string of the molecule is CCC(C)N(C)c1cc(Cl)ccc1C(=N)N. The highest BCUT2D eigenvalue weighted by molar-refractivity contribution is 6.31. The largest absolute Gasteiger partial charge is 0.384 e. The van der Waals surface area contributed by atoms with E-state index in [1.54, 1.807) is 12.1 Å². The van der Waals surface area contributed by atoms with Gasteiger partial charge in [-0.2, -0.15) is 0 Å². The number of benzene rings is 1. The van der Waals surface area contributed by atoms with Crippen LogP contribution in [-0.4, -0.2) is 18.9 Å². The average molecular weight is 240 g/mol. The summed E-state index contributed by atoms with van der Waals surface area (Å²) in [5.74, 6) is 0.0711. The van der Waals surface area contributed by atoms with Crippen molar-refractivity contribution in [1.82, 2.24) is 0 Å². The molecule has 1 unspecified atom stereocenters. The van der Waals surface area contributed by atoms with Crippen molar-refractivity contribution in [2.24, 2.45) is 5.73 Å². The van der Waals surface area contributed by atoms with E-state index in [1.807, 2.05) is 13.1 Å². The van der Waals surface area contributed by atoms with Crippen LogP contribution in [0.1, 0.15) is 25.8 Å². The van der Waals surface area contributed by atoms with Crippen LogP contribution in [0.15, 0.2) is 18.2 Å². The van der Waals surface area contributed by atoms with Gasteiger partial charge in [-0.05, 0) is 31.5 Å². The van der Waals surface area contributed by atoms with Crippen molar-refractivity contribution in [1.29, 1.82) is 5.41 Å². The fourth-order valence-corrected chi connectivity index (χ4v) is 1.70. The summed E-state index contributed by atoms with van der Waals surface area (Å²) in [6.07, 6.45) is 1.03. The molecule has 0 aliphatic heterocycles. The first kappa shape index (κ1) is 12.8. The Balaban J connectivity index is 3.19. The minimum absolute atomic E-state index is 0.0711. The van der Waals surface area contributed by atoms with E-state index >= 15 is 0 Å². The smallest absolute Gasteiger partial charge is 0.124 e. The minimum Gasteiger partial charge on any atom is -0.384 e. The molecule has 0 fully saturated rings. The molecule has 88 valence electrons. The summed E-state index contributed by atoms with van der Waals surface area (Å²) in [5, 5.41) is 8.21. The Labute approximate surface area is 102 Å². The molecule has 4 heteroatoms. The average Bonchev–Trinajstić information content (AvgIpc) is 2.26. The second-order valence-corrected chi connectivity index (χ2v) is 4.38. The van der Waals surface area contributed by atoms with Gasteiger partial charge in [0, 0.05) is 29.4 Å². The standard InChI is InChI=1S/C12H18ClN3/c1-4-8(2)16(3)11-7-9(13)5-6-10(11)12(14)15/h5-8H,4H2,1-3H3,(H3,14,15). The van der Waals surface area contributed by atoms with Gasteiger partial charge in [-0.3, -0.25) is 5.41 Å². The summed E-state index contributed by atoms with van der Waals surface area (Å²) in [5.41, 5.74) is 7.20. The second kappa shape index (κ2) is 5.21. The Bertz CT molecular complexity index is 390. The lowest BCUT2D eigenvalue weighted by atomic mass is 10.1. The van der Waals surface area contributed by atoms with Crippen LogP contribution >= 0.6 is 11.6 Å². The normalized spacial score (nSPS) is 12.2. The van der Waals surface area contributed by atoms with Crippen molar-refractivity contribution >= 4 is 23.1 Å². The molecule has 0 heterocycles. The van der Waals surface area contributed by atoms with Gasteiger partial charge in [-0.15, -0.1) is 0 Å². The van der Waals surface area contributed by atoms with Gasteiger partial charge in [0.2, 0.25) is 0 Å². The molecular weight excluding hydrogens is 222 g/mol. The van der Waals surface area contributed by atoms with Crippen molar-refractivity contribution in [3.8, 4) is 0 Å². The number of nitrogens with two attached hydrogens (primary N) is 1. The minimum atomic E-state index is 0.0711. The number of hydrogen-bond donors (Lipinski definition) is 2. The molecule has 3 N–H and O–H groups in total. The molecule has 0 saturated heterocycles. The first-order chi connectivity index (χ1) is 7.47. The first-order valence-electron chi connectivity index (χ1n) is 5.34. The van der Waals surface area contributed by atoms with E-state index in [2.05, 4.69) is 18.7 Å². The molecule has 1 aromatic rings. The third-order valence-corrected chi connectivity index (χ3v) is 3.12. The Morgan fingerprint density at radius 3 is 2.69 bits per heavy atom. The zero-order chi connectivity index (χ0) is 12.3. The molecule has 0 radical (unpaired) electrons. The van der Waals surface area contributed by atoms with Crippen LogP contribution in [0.3, 0.4) is 0 Å². The highest BCUT2D eigenvalue weighted by Gasteiger charge is 2.14. The predicted molar refractivity (Wildman–Crippen MR) is 70.6 cm³/mol. The summed E-state index contributed by atoms with van der Waals surface area (Å²) >= 11 is 5.98. The molecule has 16 heavy (non-hydrogen) atoms. The summed E-state index contributed by atoms with van der Waals surface area (Å²) in [4.78, 5) is 2.10. The van der Waals surface area contributed by atoms with Crippen LogP contribution in [-0.2, 0) is 0 Å². The van der Waals surface area contributed by atoms with E-state index in [1.165, 1.54) is 0 Å². The maximum Gasteiger partial charge on any atom is 0.124 e. The zero-order valence-electron chi connectivity index (χ0n) is 9.92. The Kier molecular flexibility index (Phi) is 4.19. The molecule has 1 atom stereocenters. The van der Waals surface area contributed by atoms with E-state index in [4.69, 9.17) is 22.7 Å². The molecule has 1 rings (SSSR count). The third-order valence-electron chi connectivity index (χ3n) is 2.88. The van der Waals surface area contributed by atoms with Crippen LogP contribution in [0.2, 0.25) is 5.02 Å². The van der Waals surface area contributed by atoms with Crippen LogP contribution < -0.4 is 10.6 Å². The Morgan fingerprint density at radius 2 is 2.19 bits per heavy atom. The Morgan fingerprint density at radius 1 is 1.56 bits per heavy atom. The fourth-order valence-electron chi connectivity index (χ4n) is 1.54. The van der Waals surface area contributed by atoms with Gasteiger partial charge in [0.25, 0.3) is 0 Å². The summed E-state index contributed by atoms with van der Waals surface area (Å²) in [6.45, 7) is 4.25. The topological polar surface area (TPSA) is 53.1 Å². The van der Waals surface area contributed by atoms with Gasteiger partial charge in [0.15, 0.2) is 0 Å². The van der Waals surface area contributed by atoms with Crippen LogP contribution in [0, 0.1) is 5.41 Å². The first-order valence-corrected chi connectivity index (χ1v) is 5.72. The molecule has 0 amide bonds. The maximum absolute atomic E-state index is 7.55. The molecule has 1 aromatic carbocycles. The van der Waals surface area contributed by atoms with Crippen molar-refractivity contribution in [2.45, 2.75) is 26.3 Å².